The molecule has 0 atom stereocenters. The molecule has 0 aliphatic rings. The van der Waals surface area contributed by atoms with Crippen LogP contribution in [0.1, 0.15) is 21.6 Å². The second kappa shape index (κ2) is 10.6. The van der Waals surface area contributed by atoms with Crippen molar-refractivity contribution in [3.63, 3.8) is 0 Å². The molecule has 0 bridgehead atoms. The number of carbonyl (C=O) groups is 2. The predicted molar refractivity (Wildman–Crippen MR) is 121 cm³/mol. The van der Waals surface area contributed by atoms with E-state index in [1.165, 1.54) is 19.3 Å². The van der Waals surface area contributed by atoms with E-state index < -0.39 is 28.7 Å². The van der Waals surface area contributed by atoms with E-state index in [1.807, 2.05) is 24.3 Å². The Morgan fingerprint density at radius 3 is 2.00 bits per heavy atom. The number of halogens is 1. The van der Waals surface area contributed by atoms with Crippen LogP contribution in [0, 0.1) is 0 Å². The normalized spacial score (nSPS) is 11.3. The molecule has 32 heavy (non-hydrogen) atoms. The number of nitrogens with zero attached hydrogens (tertiary/aromatic N) is 2. The Morgan fingerprint density at radius 1 is 0.906 bits per heavy atom. The SMILES string of the molecule is CN(CC(=O)OCc1ccccc1)S(=O)(=O)n1ccc(Br)c1C(=O)OCc1ccccc1. The van der Waals surface area contributed by atoms with E-state index in [1.54, 1.807) is 36.4 Å². The Morgan fingerprint density at radius 2 is 1.44 bits per heavy atom. The van der Waals surface area contributed by atoms with Crippen molar-refractivity contribution in [1.82, 2.24) is 8.28 Å². The molecule has 0 spiro atoms. The number of hydrogen-bond donors (Lipinski definition) is 0. The van der Waals surface area contributed by atoms with Crippen LogP contribution in [0.2, 0.25) is 0 Å². The van der Waals surface area contributed by atoms with E-state index in [0.717, 1.165) is 19.4 Å². The average molecular weight is 521 g/mol. The first-order chi connectivity index (χ1) is 15.3. The monoisotopic (exact) mass is 520 g/mol. The lowest BCUT2D eigenvalue weighted by Crippen LogP contribution is -2.37. The van der Waals surface area contributed by atoms with Crippen molar-refractivity contribution < 1.29 is 27.5 Å². The summed E-state index contributed by atoms with van der Waals surface area (Å²) in [4.78, 5) is 24.8. The molecule has 0 amide bonds. The summed E-state index contributed by atoms with van der Waals surface area (Å²) in [5, 5.41) is 0. The molecule has 8 nitrogen and oxygen atoms in total. The first kappa shape index (κ1) is 23.7. The van der Waals surface area contributed by atoms with Crippen LogP contribution in [0.25, 0.3) is 0 Å². The lowest BCUT2D eigenvalue weighted by Gasteiger charge is -2.18. The number of esters is 2. The van der Waals surface area contributed by atoms with Gasteiger partial charge in [0, 0.05) is 13.2 Å². The van der Waals surface area contributed by atoms with E-state index in [0.29, 0.717) is 0 Å². The van der Waals surface area contributed by atoms with Gasteiger partial charge in [-0.3, -0.25) is 4.79 Å². The van der Waals surface area contributed by atoms with Crippen molar-refractivity contribution in [3.05, 3.63) is 94.2 Å². The van der Waals surface area contributed by atoms with Crippen LogP contribution in [0.3, 0.4) is 0 Å². The van der Waals surface area contributed by atoms with E-state index in [2.05, 4.69) is 15.9 Å². The predicted octanol–water partition coefficient (Wildman–Crippen LogP) is 3.38. The van der Waals surface area contributed by atoms with Crippen LogP contribution < -0.4 is 0 Å². The highest BCUT2D eigenvalue weighted by Gasteiger charge is 2.29. The Balaban J connectivity index is 1.68. The highest BCUT2D eigenvalue weighted by Crippen LogP contribution is 2.22. The summed E-state index contributed by atoms with van der Waals surface area (Å²) in [7, 11) is -3.01. The van der Waals surface area contributed by atoms with Gasteiger partial charge in [0.05, 0.1) is 4.47 Å². The zero-order valence-electron chi connectivity index (χ0n) is 17.2. The smallest absolute Gasteiger partial charge is 0.357 e. The first-order valence-corrected chi connectivity index (χ1v) is 11.7. The maximum absolute atomic E-state index is 13.0. The van der Waals surface area contributed by atoms with Crippen LogP contribution in [0.4, 0.5) is 0 Å². The van der Waals surface area contributed by atoms with E-state index in [9.17, 15) is 18.0 Å². The quantitative estimate of drug-likeness (QED) is 0.401. The third-order valence-electron chi connectivity index (χ3n) is 4.45. The lowest BCUT2D eigenvalue weighted by molar-refractivity contribution is -0.144. The Kier molecular flexibility index (Phi) is 7.84. The Labute approximate surface area is 194 Å². The van der Waals surface area contributed by atoms with Gasteiger partial charge < -0.3 is 9.47 Å². The zero-order chi connectivity index (χ0) is 23.1. The molecule has 0 saturated heterocycles. The fourth-order valence-electron chi connectivity index (χ4n) is 2.76. The van der Waals surface area contributed by atoms with E-state index in [-0.39, 0.29) is 23.4 Å². The van der Waals surface area contributed by atoms with Crippen molar-refractivity contribution in [2.24, 2.45) is 0 Å². The van der Waals surface area contributed by atoms with Crippen molar-refractivity contribution in [2.75, 3.05) is 13.6 Å². The number of hydrogen-bond acceptors (Lipinski definition) is 6. The molecule has 0 aliphatic heterocycles. The molecule has 0 radical (unpaired) electrons. The van der Waals surface area contributed by atoms with E-state index >= 15 is 0 Å². The van der Waals surface area contributed by atoms with Crippen LogP contribution >= 0.6 is 15.9 Å². The third kappa shape index (κ3) is 5.84. The third-order valence-corrected chi connectivity index (χ3v) is 6.80. The highest BCUT2D eigenvalue weighted by atomic mass is 79.9. The van der Waals surface area contributed by atoms with Gasteiger partial charge in [-0.2, -0.15) is 12.7 Å². The van der Waals surface area contributed by atoms with Gasteiger partial charge >= 0.3 is 22.1 Å². The van der Waals surface area contributed by atoms with Crippen molar-refractivity contribution in [1.29, 1.82) is 0 Å². The number of ether oxygens (including phenoxy) is 2. The van der Waals surface area contributed by atoms with Crippen molar-refractivity contribution >= 4 is 38.1 Å². The van der Waals surface area contributed by atoms with Gasteiger partial charge in [-0.05, 0) is 33.1 Å². The number of rotatable bonds is 9. The van der Waals surface area contributed by atoms with Crippen LogP contribution in [-0.2, 0) is 37.7 Å². The molecule has 3 rings (SSSR count). The number of aromatic nitrogens is 1. The summed E-state index contributed by atoms with van der Waals surface area (Å²) in [6, 6.07) is 19.5. The van der Waals surface area contributed by atoms with Gasteiger partial charge in [-0.15, -0.1) is 0 Å². The molecular weight excluding hydrogens is 500 g/mol. The van der Waals surface area contributed by atoms with Gasteiger partial charge in [-0.1, -0.05) is 60.7 Å². The van der Waals surface area contributed by atoms with Crippen molar-refractivity contribution in [2.45, 2.75) is 13.2 Å². The highest BCUT2D eigenvalue weighted by molar-refractivity contribution is 9.10. The molecule has 10 heteroatoms. The topological polar surface area (TPSA) is 94.9 Å². The number of benzene rings is 2. The van der Waals surface area contributed by atoms with E-state index in [4.69, 9.17) is 9.47 Å². The molecule has 2 aromatic carbocycles. The minimum absolute atomic E-state index is 0.0149. The maximum Gasteiger partial charge on any atom is 0.357 e. The Hall–Kier alpha value is -2.95. The summed E-state index contributed by atoms with van der Waals surface area (Å²) in [5.74, 6) is -1.55. The fourth-order valence-corrected chi connectivity index (χ4v) is 4.54. The second-order valence-corrected chi connectivity index (χ2v) is 9.55. The fraction of sp³-hybridized carbons (Fsp3) is 0.182. The molecule has 0 fully saturated rings. The lowest BCUT2D eigenvalue weighted by atomic mass is 10.2. The summed E-state index contributed by atoms with van der Waals surface area (Å²) >= 11 is 3.19. The van der Waals surface area contributed by atoms with Crippen molar-refractivity contribution in [3.8, 4) is 0 Å². The van der Waals surface area contributed by atoms with Gasteiger partial charge in [0.1, 0.15) is 19.8 Å². The average Bonchev–Trinajstić information content (AvgIpc) is 3.19. The zero-order valence-corrected chi connectivity index (χ0v) is 19.6. The van der Waals surface area contributed by atoms with Gasteiger partial charge in [0.15, 0.2) is 5.69 Å². The molecule has 0 aliphatic carbocycles. The second-order valence-electron chi connectivity index (χ2n) is 6.78. The molecule has 0 saturated carbocycles. The summed E-state index contributed by atoms with van der Waals surface area (Å²) in [5.41, 5.74) is 1.34. The molecule has 1 aromatic heterocycles. The van der Waals surface area contributed by atoms with Gasteiger partial charge in [0.25, 0.3) is 0 Å². The number of likely N-dealkylation sites (N-methyl/N-ethyl adjacent to an activating group) is 1. The summed E-state index contributed by atoms with van der Waals surface area (Å²) in [6.07, 6.45) is 1.21. The maximum atomic E-state index is 13.0. The largest absolute Gasteiger partial charge is 0.460 e. The molecule has 3 aromatic rings. The van der Waals surface area contributed by atoms with Crippen LogP contribution in [0.15, 0.2) is 77.4 Å². The molecule has 0 N–H and O–H groups in total. The summed E-state index contributed by atoms with van der Waals surface area (Å²) in [6.45, 7) is -0.512. The number of carbonyl (C=O) groups excluding carboxylic acids is 2. The van der Waals surface area contributed by atoms with Crippen LogP contribution in [-0.4, -0.2) is 42.2 Å². The minimum atomic E-state index is -4.24. The van der Waals surface area contributed by atoms with Crippen LogP contribution in [0.5, 0.6) is 0 Å². The minimum Gasteiger partial charge on any atom is -0.460 e. The molecule has 0 unspecified atom stereocenters. The molecule has 1 heterocycles. The molecule has 168 valence electrons. The first-order valence-electron chi connectivity index (χ1n) is 9.53. The van der Waals surface area contributed by atoms with Gasteiger partial charge in [0.2, 0.25) is 0 Å². The standard InChI is InChI=1S/C22H21BrN2O6S/c1-24(14-20(26)30-15-17-8-4-2-5-9-17)32(28,29)25-13-12-19(23)21(25)22(27)31-16-18-10-6-3-7-11-18/h2-13H,14-16H2,1H3. The summed E-state index contributed by atoms with van der Waals surface area (Å²) < 4.78 is 38.3. The van der Waals surface area contributed by atoms with Gasteiger partial charge in [-0.25, -0.2) is 8.77 Å². The Bertz CT molecular complexity index is 1180. The molecular formula is C22H21BrN2O6S.